The second kappa shape index (κ2) is 7.96. The molecule has 0 amide bonds. The first-order valence-corrected chi connectivity index (χ1v) is 10.2. The molecule has 1 aromatic rings. The van der Waals surface area contributed by atoms with Gasteiger partial charge in [0.05, 0.1) is 0 Å². The zero-order valence-corrected chi connectivity index (χ0v) is 15.9. The highest BCUT2D eigenvalue weighted by Gasteiger charge is 2.45. The van der Waals surface area contributed by atoms with E-state index in [9.17, 15) is 4.39 Å². The Bertz CT molecular complexity index is 612. The quantitative estimate of drug-likeness (QED) is 0.601. The summed E-state index contributed by atoms with van der Waals surface area (Å²) in [5.41, 5.74) is 0.738. The first-order valence-electron chi connectivity index (χ1n) is 8.96. The van der Waals surface area contributed by atoms with Gasteiger partial charge in [0.25, 0.3) is 0 Å². The Hall–Kier alpha value is -1.27. The highest BCUT2D eigenvalue weighted by atomic mass is 32.2. The standard InChI is InChI=1S/C19H28FN3OS/c1-21-17(23-14-19(25-2)9-11-24-12-10-19)22-13-18(7-8-18)15-5-3-4-6-16(15)20/h3-6H,7-14H2,1-2H3,(H2,21,22,23). The van der Waals surface area contributed by atoms with Crippen molar-refractivity contribution in [3.8, 4) is 0 Å². The summed E-state index contributed by atoms with van der Waals surface area (Å²) < 4.78 is 19.8. The zero-order valence-electron chi connectivity index (χ0n) is 15.1. The van der Waals surface area contributed by atoms with Crippen LogP contribution < -0.4 is 10.6 Å². The van der Waals surface area contributed by atoms with E-state index in [4.69, 9.17) is 4.74 Å². The van der Waals surface area contributed by atoms with E-state index in [1.54, 1.807) is 19.2 Å². The van der Waals surface area contributed by atoms with Crippen molar-refractivity contribution in [1.82, 2.24) is 10.6 Å². The number of aliphatic imine (C=N–C) groups is 1. The number of halogens is 1. The number of hydrogen-bond donors (Lipinski definition) is 2. The van der Waals surface area contributed by atoms with Crippen molar-refractivity contribution >= 4 is 17.7 Å². The maximum atomic E-state index is 14.1. The Labute approximate surface area is 154 Å². The lowest BCUT2D eigenvalue weighted by Crippen LogP contribution is -2.49. The smallest absolute Gasteiger partial charge is 0.191 e. The molecule has 0 radical (unpaired) electrons. The molecule has 1 saturated heterocycles. The van der Waals surface area contributed by atoms with Gasteiger partial charge in [0.1, 0.15) is 5.82 Å². The maximum Gasteiger partial charge on any atom is 0.191 e. The third-order valence-corrected chi connectivity index (χ3v) is 6.95. The molecule has 1 aliphatic carbocycles. The van der Waals surface area contributed by atoms with Crippen molar-refractivity contribution < 1.29 is 9.13 Å². The zero-order chi connectivity index (χ0) is 17.8. The highest BCUT2D eigenvalue weighted by Crippen LogP contribution is 2.48. The monoisotopic (exact) mass is 365 g/mol. The molecule has 2 N–H and O–H groups in total. The highest BCUT2D eigenvalue weighted by molar-refractivity contribution is 8.00. The predicted molar refractivity (Wildman–Crippen MR) is 103 cm³/mol. The fourth-order valence-corrected chi connectivity index (χ4v) is 4.29. The van der Waals surface area contributed by atoms with Crippen LogP contribution in [0, 0.1) is 5.82 Å². The topological polar surface area (TPSA) is 45.7 Å². The minimum atomic E-state index is -0.103. The fraction of sp³-hybridized carbons (Fsp3) is 0.632. The predicted octanol–water partition coefficient (Wildman–Crippen LogP) is 2.93. The van der Waals surface area contributed by atoms with Crippen molar-refractivity contribution in [2.45, 2.75) is 35.8 Å². The number of nitrogens with zero attached hydrogens (tertiary/aromatic N) is 1. The molecule has 2 fully saturated rings. The number of guanidine groups is 1. The lowest BCUT2D eigenvalue weighted by molar-refractivity contribution is 0.0783. The first-order chi connectivity index (χ1) is 12.1. The molecule has 1 aromatic carbocycles. The van der Waals surface area contributed by atoms with Crippen LogP contribution in [0.5, 0.6) is 0 Å². The molecule has 1 aliphatic heterocycles. The molecule has 3 rings (SSSR count). The van der Waals surface area contributed by atoms with Crippen LogP contribution >= 0.6 is 11.8 Å². The molecular formula is C19H28FN3OS. The van der Waals surface area contributed by atoms with Gasteiger partial charge in [-0.15, -0.1) is 0 Å². The normalized spacial score (nSPS) is 21.6. The number of hydrogen-bond acceptors (Lipinski definition) is 3. The van der Waals surface area contributed by atoms with Crippen LogP contribution in [0.25, 0.3) is 0 Å². The van der Waals surface area contributed by atoms with Crippen molar-refractivity contribution in [3.63, 3.8) is 0 Å². The van der Waals surface area contributed by atoms with E-state index < -0.39 is 0 Å². The van der Waals surface area contributed by atoms with Gasteiger partial charge >= 0.3 is 0 Å². The van der Waals surface area contributed by atoms with Crippen molar-refractivity contribution in [2.75, 3.05) is 39.6 Å². The molecule has 0 atom stereocenters. The molecule has 0 spiro atoms. The molecule has 138 valence electrons. The summed E-state index contributed by atoms with van der Waals surface area (Å²) in [4.78, 5) is 4.34. The average molecular weight is 366 g/mol. The Morgan fingerprint density at radius 2 is 1.84 bits per heavy atom. The lowest BCUT2D eigenvalue weighted by atomic mass is 9.95. The van der Waals surface area contributed by atoms with Gasteiger partial charge in [0.15, 0.2) is 5.96 Å². The Kier molecular flexibility index (Phi) is 5.89. The summed E-state index contributed by atoms with van der Waals surface area (Å²) in [6.07, 6.45) is 6.31. The average Bonchev–Trinajstić information content (AvgIpc) is 3.44. The van der Waals surface area contributed by atoms with E-state index in [2.05, 4.69) is 21.9 Å². The Balaban J connectivity index is 1.56. The molecule has 25 heavy (non-hydrogen) atoms. The van der Waals surface area contributed by atoms with Gasteiger partial charge in [-0.2, -0.15) is 11.8 Å². The van der Waals surface area contributed by atoms with Gasteiger partial charge in [0, 0.05) is 43.5 Å². The van der Waals surface area contributed by atoms with E-state index >= 15 is 0 Å². The van der Waals surface area contributed by atoms with Crippen molar-refractivity contribution in [2.24, 2.45) is 4.99 Å². The maximum absolute atomic E-state index is 14.1. The van der Waals surface area contributed by atoms with Gasteiger partial charge in [-0.25, -0.2) is 4.39 Å². The summed E-state index contributed by atoms with van der Waals surface area (Å²) in [7, 11) is 1.79. The first kappa shape index (κ1) is 18.5. The third-order valence-electron chi connectivity index (χ3n) is 5.53. The van der Waals surface area contributed by atoms with Crippen molar-refractivity contribution in [3.05, 3.63) is 35.6 Å². The van der Waals surface area contributed by atoms with E-state index in [-0.39, 0.29) is 16.0 Å². The summed E-state index contributed by atoms with van der Waals surface area (Å²) in [6.45, 7) is 3.22. The third kappa shape index (κ3) is 4.29. The SMILES string of the molecule is CN=C(NCC1(SC)CCOCC1)NCC1(c2ccccc2F)CC1. The Morgan fingerprint density at radius 3 is 2.44 bits per heavy atom. The summed E-state index contributed by atoms with van der Waals surface area (Å²) in [5, 5.41) is 6.88. The van der Waals surface area contributed by atoms with Gasteiger partial charge in [-0.3, -0.25) is 4.99 Å². The molecular weight excluding hydrogens is 337 g/mol. The van der Waals surface area contributed by atoms with Crippen LogP contribution in [0.2, 0.25) is 0 Å². The van der Waals surface area contributed by atoms with Crippen LogP contribution in [0.4, 0.5) is 4.39 Å². The van der Waals surface area contributed by atoms with Crippen LogP contribution in [-0.4, -0.2) is 50.3 Å². The van der Waals surface area contributed by atoms with Gasteiger partial charge in [0.2, 0.25) is 0 Å². The summed E-state index contributed by atoms with van der Waals surface area (Å²) >= 11 is 1.91. The van der Waals surface area contributed by atoms with E-state index in [1.807, 2.05) is 23.9 Å². The Morgan fingerprint density at radius 1 is 1.16 bits per heavy atom. The molecule has 4 nitrogen and oxygen atoms in total. The number of nitrogens with one attached hydrogen (secondary N) is 2. The van der Waals surface area contributed by atoms with E-state index in [1.165, 1.54) is 0 Å². The molecule has 1 heterocycles. The molecule has 0 unspecified atom stereocenters. The number of thioether (sulfide) groups is 1. The van der Waals surface area contributed by atoms with Crippen LogP contribution in [-0.2, 0) is 10.2 Å². The molecule has 6 heteroatoms. The van der Waals surface area contributed by atoms with Gasteiger partial charge < -0.3 is 15.4 Å². The second-order valence-electron chi connectivity index (χ2n) is 7.04. The van der Waals surface area contributed by atoms with Crippen LogP contribution in [0.15, 0.2) is 29.3 Å². The fourth-order valence-electron chi connectivity index (χ4n) is 3.50. The largest absolute Gasteiger partial charge is 0.381 e. The summed E-state index contributed by atoms with van der Waals surface area (Å²) in [5.74, 6) is 0.691. The van der Waals surface area contributed by atoms with Crippen LogP contribution in [0.1, 0.15) is 31.2 Å². The van der Waals surface area contributed by atoms with Crippen LogP contribution in [0.3, 0.4) is 0 Å². The minimum Gasteiger partial charge on any atom is -0.381 e. The minimum absolute atomic E-state index is 0.0845. The second-order valence-corrected chi connectivity index (χ2v) is 8.31. The molecule has 0 bridgehead atoms. The van der Waals surface area contributed by atoms with Crippen molar-refractivity contribution in [1.29, 1.82) is 0 Å². The van der Waals surface area contributed by atoms with Gasteiger partial charge in [-0.05, 0) is 43.6 Å². The molecule has 2 aliphatic rings. The summed E-state index contributed by atoms with van der Waals surface area (Å²) in [6, 6.07) is 7.12. The van der Waals surface area contributed by atoms with E-state index in [0.29, 0.717) is 6.54 Å². The number of ether oxygens (including phenoxy) is 1. The van der Waals surface area contributed by atoms with E-state index in [0.717, 1.165) is 57.0 Å². The lowest BCUT2D eigenvalue weighted by Gasteiger charge is -2.36. The van der Waals surface area contributed by atoms with Gasteiger partial charge in [-0.1, -0.05) is 18.2 Å². The molecule has 1 saturated carbocycles. The molecule has 0 aromatic heterocycles. The number of benzene rings is 1. The number of rotatable bonds is 6.